The highest BCUT2D eigenvalue weighted by atomic mass is 79.9. The standard InChI is InChI=1S/C16H9BrCl2N2OS/c17-10-3-1-9(2-4-10)15(22)21-16-20-14(8-23-16)12-6-5-11(18)7-13(12)19/h1-8H,(H,20,21,22). The van der Waals surface area contributed by atoms with Crippen molar-refractivity contribution in [1.29, 1.82) is 0 Å². The van der Waals surface area contributed by atoms with E-state index in [1.54, 1.807) is 30.3 Å². The third kappa shape index (κ3) is 3.93. The summed E-state index contributed by atoms with van der Waals surface area (Å²) in [6.07, 6.45) is 0. The van der Waals surface area contributed by atoms with E-state index in [-0.39, 0.29) is 5.91 Å². The predicted molar refractivity (Wildman–Crippen MR) is 99.7 cm³/mol. The van der Waals surface area contributed by atoms with Crippen molar-refractivity contribution in [2.45, 2.75) is 0 Å². The SMILES string of the molecule is O=C(Nc1nc(-c2ccc(Cl)cc2Cl)cs1)c1ccc(Br)cc1. The minimum Gasteiger partial charge on any atom is -0.298 e. The number of amides is 1. The van der Waals surface area contributed by atoms with E-state index in [0.29, 0.717) is 26.4 Å². The summed E-state index contributed by atoms with van der Waals surface area (Å²) >= 11 is 16.8. The molecule has 0 fully saturated rings. The van der Waals surface area contributed by atoms with Crippen LogP contribution >= 0.6 is 50.5 Å². The lowest BCUT2D eigenvalue weighted by Crippen LogP contribution is -2.11. The Balaban J connectivity index is 1.79. The van der Waals surface area contributed by atoms with Gasteiger partial charge in [-0.15, -0.1) is 11.3 Å². The Labute approximate surface area is 155 Å². The Morgan fingerprint density at radius 2 is 1.87 bits per heavy atom. The quantitative estimate of drug-likeness (QED) is 0.546. The molecule has 0 bridgehead atoms. The normalized spacial score (nSPS) is 10.6. The van der Waals surface area contributed by atoms with Crippen molar-refractivity contribution in [3.05, 3.63) is 67.9 Å². The molecule has 1 heterocycles. The number of nitrogens with zero attached hydrogens (tertiary/aromatic N) is 1. The molecule has 0 saturated carbocycles. The van der Waals surface area contributed by atoms with Crippen molar-refractivity contribution in [3.8, 4) is 11.3 Å². The molecule has 3 aromatic rings. The molecule has 116 valence electrons. The molecule has 3 rings (SSSR count). The van der Waals surface area contributed by atoms with Gasteiger partial charge in [-0.25, -0.2) is 4.98 Å². The van der Waals surface area contributed by atoms with Gasteiger partial charge in [0.25, 0.3) is 5.91 Å². The minimum absolute atomic E-state index is 0.208. The summed E-state index contributed by atoms with van der Waals surface area (Å²) in [5.74, 6) is -0.208. The van der Waals surface area contributed by atoms with Crippen molar-refractivity contribution in [1.82, 2.24) is 4.98 Å². The fourth-order valence-electron chi connectivity index (χ4n) is 1.92. The number of anilines is 1. The molecule has 0 aliphatic heterocycles. The zero-order chi connectivity index (χ0) is 16.4. The van der Waals surface area contributed by atoms with Crippen LogP contribution in [0.5, 0.6) is 0 Å². The topological polar surface area (TPSA) is 42.0 Å². The smallest absolute Gasteiger partial charge is 0.257 e. The van der Waals surface area contributed by atoms with Crippen molar-refractivity contribution >= 4 is 61.5 Å². The summed E-state index contributed by atoms with van der Waals surface area (Å²) in [4.78, 5) is 16.6. The molecule has 3 nitrogen and oxygen atoms in total. The number of hydrogen-bond donors (Lipinski definition) is 1. The number of benzene rings is 2. The molecule has 0 aliphatic carbocycles. The van der Waals surface area contributed by atoms with Crippen LogP contribution in [0.15, 0.2) is 52.3 Å². The summed E-state index contributed by atoms with van der Waals surface area (Å²) in [6, 6.07) is 12.3. The lowest BCUT2D eigenvalue weighted by molar-refractivity contribution is 0.102. The summed E-state index contributed by atoms with van der Waals surface area (Å²) in [5.41, 5.74) is 2.04. The largest absolute Gasteiger partial charge is 0.298 e. The average Bonchev–Trinajstić information content (AvgIpc) is 2.96. The molecule has 0 atom stereocenters. The zero-order valence-electron chi connectivity index (χ0n) is 11.5. The third-order valence-corrected chi connectivity index (χ3v) is 4.87. The Morgan fingerprint density at radius 1 is 1.13 bits per heavy atom. The van der Waals surface area contributed by atoms with Crippen LogP contribution in [0.1, 0.15) is 10.4 Å². The van der Waals surface area contributed by atoms with Gasteiger partial charge in [0.05, 0.1) is 10.7 Å². The molecule has 1 N–H and O–H groups in total. The number of thiazole rings is 1. The van der Waals surface area contributed by atoms with E-state index >= 15 is 0 Å². The van der Waals surface area contributed by atoms with Crippen LogP contribution in [0.2, 0.25) is 10.0 Å². The first kappa shape index (κ1) is 16.5. The van der Waals surface area contributed by atoms with E-state index < -0.39 is 0 Å². The van der Waals surface area contributed by atoms with Gasteiger partial charge in [0.1, 0.15) is 0 Å². The third-order valence-electron chi connectivity index (χ3n) is 3.04. The number of nitrogens with one attached hydrogen (secondary N) is 1. The van der Waals surface area contributed by atoms with Gasteiger partial charge in [0, 0.05) is 26.0 Å². The fraction of sp³-hybridized carbons (Fsp3) is 0. The van der Waals surface area contributed by atoms with Gasteiger partial charge in [-0.05, 0) is 42.5 Å². The summed E-state index contributed by atoms with van der Waals surface area (Å²) in [5, 5.41) is 6.22. The highest BCUT2D eigenvalue weighted by molar-refractivity contribution is 9.10. The van der Waals surface area contributed by atoms with Gasteiger partial charge in [-0.2, -0.15) is 0 Å². The lowest BCUT2D eigenvalue weighted by atomic mass is 10.2. The summed E-state index contributed by atoms with van der Waals surface area (Å²) in [6.45, 7) is 0. The van der Waals surface area contributed by atoms with E-state index in [9.17, 15) is 4.79 Å². The highest BCUT2D eigenvalue weighted by Gasteiger charge is 2.12. The Morgan fingerprint density at radius 3 is 2.57 bits per heavy atom. The molecule has 7 heteroatoms. The maximum atomic E-state index is 12.2. The van der Waals surface area contributed by atoms with Crippen molar-refractivity contribution < 1.29 is 4.79 Å². The maximum absolute atomic E-state index is 12.2. The zero-order valence-corrected chi connectivity index (χ0v) is 15.4. The van der Waals surface area contributed by atoms with Crippen molar-refractivity contribution in [2.75, 3.05) is 5.32 Å². The average molecular weight is 428 g/mol. The Hall–Kier alpha value is -1.40. The Bertz CT molecular complexity index is 865. The first-order valence-corrected chi connectivity index (χ1v) is 8.93. The number of carbonyl (C=O) groups excluding carboxylic acids is 1. The first-order valence-electron chi connectivity index (χ1n) is 6.51. The van der Waals surface area contributed by atoms with Crippen molar-refractivity contribution in [2.24, 2.45) is 0 Å². The van der Waals surface area contributed by atoms with Gasteiger partial charge in [0.15, 0.2) is 5.13 Å². The summed E-state index contributed by atoms with van der Waals surface area (Å²) < 4.78 is 0.919. The second-order valence-corrected chi connectivity index (χ2v) is 7.24. The van der Waals surface area contributed by atoms with Crippen LogP contribution in [-0.4, -0.2) is 10.9 Å². The van der Waals surface area contributed by atoms with Gasteiger partial charge in [-0.3, -0.25) is 10.1 Å². The van der Waals surface area contributed by atoms with E-state index in [1.807, 2.05) is 17.5 Å². The van der Waals surface area contributed by atoms with Crippen LogP contribution in [0.25, 0.3) is 11.3 Å². The molecule has 0 radical (unpaired) electrons. The molecule has 23 heavy (non-hydrogen) atoms. The van der Waals surface area contributed by atoms with Crippen LogP contribution in [0, 0.1) is 0 Å². The fourth-order valence-corrected chi connectivity index (χ4v) is 3.40. The molecular weight excluding hydrogens is 419 g/mol. The van der Waals surface area contributed by atoms with E-state index in [0.717, 1.165) is 10.0 Å². The highest BCUT2D eigenvalue weighted by Crippen LogP contribution is 2.32. The van der Waals surface area contributed by atoms with Gasteiger partial charge in [-0.1, -0.05) is 39.1 Å². The molecular formula is C16H9BrCl2N2OS. The second kappa shape index (κ2) is 7.01. The first-order chi connectivity index (χ1) is 11.0. The maximum Gasteiger partial charge on any atom is 0.257 e. The minimum atomic E-state index is -0.208. The monoisotopic (exact) mass is 426 g/mol. The van der Waals surface area contributed by atoms with E-state index in [4.69, 9.17) is 23.2 Å². The summed E-state index contributed by atoms with van der Waals surface area (Å²) in [7, 11) is 0. The Kier molecular flexibility index (Phi) is 5.02. The molecule has 2 aromatic carbocycles. The second-order valence-electron chi connectivity index (χ2n) is 4.62. The molecule has 1 amide bonds. The van der Waals surface area contributed by atoms with E-state index in [1.165, 1.54) is 11.3 Å². The van der Waals surface area contributed by atoms with Gasteiger partial charge < -0.3 is 0 Å². The van der Waals surface area contributed by atoms with Crippen molar-refractivity contribution in [3.63, 3.8) is 0 Å². The molecule has 0 aliphatic rings. The van der Waals surface area contributed by atoms with Crippen LogP contribution in [0.3, 0.4) is 0 Å². The molecule has 0 unspecified atom stereocenters. The number of rotatable bonds is 3. The lowest BCUT2D eigenvalue weighted by Gasteiger charge is -2.02. The van der Waals surface area contributed by atoms with E-state index in [2.05, 4.69) is 26.2 Å². The van der Waals surface area contributed by atoms with Gasteiger partial charge in [0.2, 0.25) is 0 Å². The predicted octanol–water partition coefficient (Wildman–Crippen LogP) is 6.13. The number of carbonyl (C=O) groups is 1. The van der Waals surface area contributed by atoms with Gasteiger partial charge >= 0.3 is 0 Å². The van der Waals surface area contributed by atoms with Crippen LogP contribution in [-0.2, 0) is 0 Å². The number of aromatic nitrogens is 1. The van der Waals surface area contributed by atoms with Crippen LogP contribution < -0.4 is 5.32 Å². The number of halogens is 3. The molecule has 0 saturated heterocycles. The van der Waals surface area contributed by atoms with Crippen LogP contribution in [0.4, 0.5) is 5.13 Å². The number of hydrogen-bond acceptors (Lipinski definition) is 3. The molecule has 1 aromatic heterocycles. The molecule has 0 spiro atoms.